The van der Waals surface area contributed by atoms with E-state index in [1.165, 1.54) is 32.5 Å². The molecule has 4 heterocycles. The van der Waals surface area contributed by atoms with Crippen LogP contribution >= 0.6 is 0 Å². The minimum atomic E-state index is -0.648. The highest BCUT2D eigenvalue weighted by Crippen LogP contribution is 2.44. The van der Waals surface area contributed by atoms with Gasteiger partial charge in [0.05, 0.1) is 0 Å². The van der Waals surface area contributed by atoms with Gasteiger partial charge in [0, 0.05) is 25.0 Å². The van der Waals surface area contributed by atoms with Crippen molar-refractivity contribution in [3.8, 4) is 0 Å². The molecule has 102 valence electrons. The van der Waals surface area contributed by atoms with Crippen molar-refractivity contribution >= 4 is 5.97 Å². The van der Waals surface area contributed by atoms with Crippen LogP contribution in [0.4, 0.5) is 0 Å². The van der Waals surface area contributed by atoms with Crippen LogP contribution in [-0.2, 0) is 4.79 Å². The van der Waals surface area contributed by atoms with Gasteiger partial charge in [-0.2, -0.15) is 0 Å². The minimum Gasteiger partial charge on any atom is -0.481 e. The molecule has 4 rings (SSSR count). The summed E-state index contributed by atoms with van der Waals surface area (Å²) in [6, 6.07) is 1.14. The van der Waals surface area contributed by atoms with Gasteiger partial charge in [0.15, 0.2) is 0 Å². The first-order valence-electron chi connectivity index (χ1n) is 7.40. The minimum absolute atomic E-state index is 0.322. The standard InChI is InChI=1S/C14H24N2O2/c1-2-15-9-11-10-5-7-16(8-6-10)14(11)12(15)3-4-13(17)18/h10-12,14H,2-9H2,1H3,(H,17,18). The van der Waals surface area contributed by atoms with E-state index in [0.717, 1.165) is 24.8 Å². The molecule has 4 aliphatic rings. The van der Waals surface area contributed by atoms with E-state index in [0.29, 0.717) is 18.5 Å². The molecule has 4 fully saturated rings. The van der Waals surface area contributed by atoms with Crippen LogP contribution in [0.25, 0.3) is 0 Å². The first-order chi connectivity index (χ1) is 8.70. The molecule has 0 aromatic carbocycles. The molecule has 0 aliphatic carbocycles. The summed E-state index contributed by atoms with van der Waals surface area (Å²) >= 11 is 0. The van der Waals surface area contributed by atoms with E-state index < -0.39 is 5.97 Å². The molecule has 0 aromatic heterocycles. The molecule has 3 atom stereocenters. The fourth-order valence-electron chi connectivity index (χ4n) is 4.59. The highest BCUT2D eigenvalue weighted by atomic mass is 16.4. The normalized spacial score (nSPS) is 43.1. The van der Waals surface area contributed by atoms with Gasteiger partial charge in [-0.25, -0.2) is 0 Å². The highest BCUT2D eigenvalue weighted by molar-refractivity contribution is 5.66. The number of carboxylic acid groups (broad SMARTS) is 1. The number of carboxylic acids is 1. The number of hydrogen-bond acceptors (Lipinski definition) is 3. The molecule has 0 saturated carbocycles. The molecule has 0 amide bonds. The van der Waals surface area contributed by atoms with Crippen molar-refractivity contribution in [1.82, 2.24) is 9.80 Å². The zero-order valence-corrected chi connectivity index (χ0v) is 11.2. The van der Waals surface area contributed by atoms with Gasteiger partial charge in [-0.05, 0) is 50.7 Å². The van der Waals surface area contributed by atoms with Crippen LogP contribution in [0.2, 0.25) is 0 Å². The molecule has 2 bridgehead atoms. The van der Waals surface area contributed by atoms with Crippen molar-refractivity contribution in [2.45, 2.75) is 44.7 Å². The van der Waals surface area contributed by atoms with Crippen LogP contribution in [-0.4, -0.2) is 59.1 Å². The van der Waals surface area contributed by atoms with Crippen LogP contribution in [0.1, 0.15) is 32.6 Å². The SMILES string of the molecule is CCN1CC2C3CCN(CC3)C2C1CCC(=O)O. The summed E-state index contributed by atoms with van der Waals surface area (Å²) in [7, 11) is 0. The summed E-state index contributed by atoms with van der Waals surface area (Å²) in [4.78, 5) is 16.0. The first kappa shape index (κ1) is 12.4. The Morgan fingerprint density at radius 2 is 2.06 bits per heavy atom. The quantitative estimate of drug-likeness (QED) is 0.818. The van der Waals surface area contributed by atoms with Gasteiger partial charge < -0.3 is 5.11 Å². The smallest absolute Gasteiger partial charge is 0.303 e. The number of likely N-dealkylation sites (tertiary alicyclic amines) is 1. The lowest BCUT2D eigenvalue weighted by molar-refractivity contribution is -0.137. The van der Waals surface area contributed by atoms with E-state index in [4.69, 9.17) is 5.11 Å². The second-order valence-electron chi connectivity index (χ2n) is 6.12. The lowest BCUT2D eigenvalue weighted by Gasteiger charge is -2.49. The van der Waals surface area contributed by atoms with E-state index >= 15 is 0 Å². The Labute approximate surface area is 109 Å². The Hall–Kier alpha value is -0.610. The van der Waals surface area contributed by atoms with Crippen LogP contribution in [0.15, 0.2) is 0 Å². The topological polar surface area (TPSA) is 43.8 Å². The molecule has 0 radical (unpaired) electrons. The summed E-state index contributed by atoms with van der Waals surface area (Å²) in [5.74, 6) is 1.07. The van der Waals surface area contributed by atoms with E-state index in [-0.39, 0.29) is 0 Å². The number of likely N-dealkylation sites (N-methyl/N-ethyl adjacent to an activating group) is 1. The van der Waals surface area contributed by atoms with E-state index in [1.807, 2.05) is 0 Å². The van der Waals surface area contributed by atoms with E-state index in [2.05, 4.69) is 16.7 Å². The number of carbonyl (C=O) groups is 1. The third-order valence-corrected chi connectivity index (χ3v) is 5.41. The molecular formula is C14H24N2O2. The van der Waals surface area contributed by atoms with Crippen LogP contribution < -0.4 is 0 Å². The van der Waals surface area contributed by atoms with E-state index in [9.17, 15) is 4.79 Å². The fraction of sp³-hybridized carbons (Fsp3) is 0.929. The molecule has 4 nitrogen and oxygen atoms in total. The van der Waals surface area contributed by atoms with Gasteiger partial charge in [-0.15, -0.1) is 0 Å². The maximum atomic E-state index is 10.8. The number of aliphatic carboxylic acids is 1. The molecule has 0 spiro atoms. The van der Waals surface area contributed by atoms with Crippen molar-refractivity contribution in [2.75, 3.05) is 26.2 Å². The van der Waals surface area contributed by atoms with Gasteiger partial charge in [0.2, 0.25) is 0 Å². The largest absolute Gasteiger partial charge is 0.481 e. The van der Waals surface area contributed by atoms with Crippen molar-refractivity contribution in [3.05, 3.63) is 0 Å². The molecule has 4 aliphatic heterocycles. The average molecular weight is 252 g/mol. The zero-order valence-electron chi connectivity index (χ0n) is 11.2. The third kappa shape index (κ3) is 1.95. The van der Waals surface area contributed by atoms with Gasteiger partial charge in [0.25, 0.3) is 0 Å². The van der Waals surface area contributed by atoms with E-state index in [1.54, 1.807) is 0 Å². The summed E-state index contributed by atoms with van der Waals surface area (Å²) < 4.78 is 0. The lowest BCUT2D eigenvalue weighted by atomic mass is 9.73. The lowest BCUT2D eigenvalue weighted by Crippen LogP contribution is -2.57. The van der Waals surface area contributed by atoms with Gasteiger partial charge in [-0.1, -0.05) is 6.92 Å². The summed E-state index contributed by atoms with van der Waals surface area (Å²) in [6.07, 6.45) is 3.88. The molecule has 4 saturated heterocycles. The number of rotatable bonds is 4. The van der Waals surface area contributed by atoms with Crippen molar-refractivity contribution in [2.24, 2.45) is 11.8 Å². The van der Waals surface area contributed by atoms with Crippen molar-refractivity contribution in [3.63, 3.8) is 0 Å². The molecule has 1 N–H and O–H groups in total. The first-order valence-corrected chi connectivity index (χ1v) is 7.40. The maximum absolute atomic E-state index is 10.8. The predicted molar refractivity (Wildman–Crippen MR) is 69.5 cm³/mol. The summed E-state index contributed by atoms with van der Waals surface area (Å²) in [6.45, 7) is 6.96. The van der Waals surface area contributed by atoms with Crippen LogP contribution in [0.3, 0.4) is 0 Å². The highest BCUT2D eigenvalue weighted by Gasteiger charge is 2.51. The number of piperidine rings is 3. The van der Waals surface area contributed by atoms with Crippen molar-refractivity contribution in [1.29, 1.82) is 0 Å². The number of hydrogen-bond donors (Lipinski definition) is 1. The maximum Gasteiger partial charge on any atom is 0.303 e. The number of nitrogens with zero attached hydrogens (tertiary/aromatic N) is 2. The van der Waals surface area contributed by atoms with Crippen LogP contribution in [0.5, 0.6) is 0 Å². The second-order valence-corrected chi connectivity index (χ2v) is 6.12. The Morgan fingerprint density at radius 3 is 2.67 bits per heavy atom. The molecule has 4 heteroatoms. The molecule has 3 unspecified atom stereocenters. The fourth-order valence-corrected chi connectivity index (χ4v) is 4.59. The third-order valence-electron chi connectivity index (χ3n) is 5.41. The van der Waals surface area contributed by atoms with Crippen LogP contribution in [0, 0.1) is 11.8 Å². The average Bonchev–Trinajstić information content (AvgIpc) is 2.78. The monoisotopic (exact) mass is 252 g/mol. The van der Waals surface area contributed by atoms with Gasteiger partial charge in [0.1, 0.15) is 0 Å². The van der Waals surface area contributed by atoms with Gasteiger partial charge in [-0.3, -0.25) is 14.6 Å². The molecular weight excluding hydrogens is 228 g/mol. The predicted octanol–water partition coefficient (Wildman–Crippen LogP) is 1.27. The van der Waals surface area contributed by atoms with Crippen molar-refractivity contribution < 1.29 is 9.90 Å². The molecule has 0 aromatic rings. The Bertz CT molecular complexity index is 326. The van der Waals surface area contributed by atoms with Gasteiger partial charge >= 0.3 is 5.97 Å². The summed E-state index contributed by atoms with van der Waals surface area (Å²) in [5, 5.41) is 8.93. The number of fused-ring (bicyclic) bond motifs is 2. The Morgan fingerprint density at radius 1 is 1.33 bits per heavy atom. The molecule has 18 heavy (non-hydrogen) atoms. The Balaban J connectivity index is 1.75. The summed E-state index contributed by atoms with van der Waals surface area (Å²) in [5.41, 5.74) is 0. The zero-order chi connectivity index (χ0) is 12.7. The second kappa shape index (κ2) is 4.82. The Kier molecular flexibility index (Phi) is 3.32.